The molecule has 1 heterocycles. The minimum Gasteiger partial charge on any atom is -0.489 e. The van der Waals surface area contributed by atoms with Crippen molar-refractivity contribution in [3.8, 4) is 5.75 Å². The smallest absolute Gasteiger partial charge is 0.329 e. The van der Waals surface area contributed by atoms with E-state index in [1.165, 1.54) is 0 Å². The SMILES string of the molecule is CC[C@H](C)Oc1ccc(/C=C2/NC(=O)N(Cc3ccc(Cl)cc3)C2=O)cc1Cl. The van der Waals surface area contributed by atoms with E-state index in [0.717, 1.165) is 16.9 Å². The quantitative estimate of drug-likeness (QED) is 0.513. The standard InChI is InChI=1S/C21H20Cl2N2O3/c1-3-13(2)28-19-9-6-15(10-17(19)23)11-18-20(26)25(21(27)24-18)12-14-4-7-16(22)8-5-14/h4-11,13H,3,12H2,1-2H3,(H,24,27)/b18-11+/t13-/m0/s1. The zero-order valence-corrected chi connectivity index (χ0v) is 17.1. The van der Waals surface area contributed by atoms with Crippen molar-refractivity contribution in [1.29, 1.82) is 0 Å². The van der Waals surface area contributed by atoms with Gasteiger partial charge >= 0.3 is 6.03 Å². The van der Waals surface area contributed by atoms with Crippen molar-refractivity contribution in [3.05, 3.63) is 69.3 Å². The van der Waals surface area contributed by atoms with Crippen molar-refractivity contribution in [2.45, 2.75) is 32.9 Å². The molecule has 5 nitrogen and oxygen atoms in total. The second-order valence-electron chi connectivity index (χ2n) is 6.53. The molecule has 0 spiro atoms. The van der Waals surface area contributed by atoms with E-state index in [4.69, 9.17) is 27.9 Å². The second kappa shape index (κ2) is 8.67. The fourth-order valence-electron chi connectivity index (χ4n) is 2.66. The van der Waals surface area contributed by atoms with Gasteiger partial charge in [-0.1, -0.05) is 48.3 Å². The Bertz CT molecular complexity index is 926. The summed E-state index contributed by atoms with van der Waals surface area (Å²) in [4.78, 5) is 26.0. The highest BCUT2D eigenvalue weighted by molar-refractivity contribution is 6.32. The normalized spacial score (nSPS) is 16.4. The number of carbonyl (C=O) groups is 2. The number of halogens is 2. The van der Waals surface area contributed by atoms with E-state index in [-0.39, 0.29) is 18.3 Å². The number of imide groups is 1. The average Bonchev–Trinajstić information content (AvgIpc) is 2.93. The summed E-state index contributed by atoms with van der Waals surface area (Å²) in [5.41, 5.74) is 1.70. The molecule has 0 unspecified atom stereocenters. The molecule has 3 rings (SSSR count). The lowest BCUT2D eigenvalue weighted by Gasteiger charge is -2.14. The lowest BCUT2D eigenvalue weighted by atomic mass is 10.1. The van der Waals surface area contributed by atoms with Crippen LogP contribution in [0.1, 0.15) is 31.4 Å². The first-order valence-electron chi connectivity index (χ1n) is 8.92. The summed E-state index contributed by atoms with van der Waals surface area (Å²) in [6.45, 7) is 4.16. The Kier molecular flexibility index (Phi) is 6.27. The molecule has 0 bridgehead atoms. The third-order valence-corrected chi connectivity index (χ3v) is 4.93. The van der Waals surface area contributed by atoms with Gasteiger partial charge in [0, 0.05) is 5.02 Å². The molecule has 0 aromatic heterocycles. The molecule has 28 heavy (non-hydrogen) atoms. The highest BCUT2D eigenvalue weighted by Crippen LogP contribution is 2.28. The number of hydrogen-bond acceptors (Lipinski definition) is 3. The zero-order chi connectivity index (χ0) is 20.3. The predicted molar refractivity (Wildman–Crippen MR) is 110 cm³/mol. The number of benzene rings is 2. The summed E-state index contributed by atoms with van der Waals surface area (Å²) in [5, 5.41) is 3.65. The van der Waals surface area contributed by atoms with Crippen LogP contribution in [-0.2, 0) is 11.3 Å². The summed E-state index contributed by atoms with van der Waals surface area (Å²) in [6.07, 6.45) is 2.52. The Hall–Kier alpha value is -2.50. The summed E-state index contributed by atoms with van der Waals surface area (Å²) >= 11 is 12.2. The van der Waals surface area contributed by atoms with Crippen LogP contribution in [-0.4, -0.2) is 22.9 Å². The maximum atomic E-state index is 12.6. The number of hydrogen-bond donors (Lipinski definition) is 1. The van der Waals surface area contributed by atoms with Crippen LogP contribution in [0.15, 0.2) is 48.2 Å². The van der Waals surface area contributed by atoms with Gasteiger partial charge in [-0.05, 0) is 54.8 Å². The Labute approximate surface area is 173 Å². The molecule has 1 fully saturated rings. The Morgan fingerprint density at radius 2 is 1.86 bits per heavy atom. The number of nitrogens with zero attached hydrogens (tertiary/aromatic N) is 1. The van der Waals surface area contributed by atoms with Crippen molar-refractivity contribution in [2.24, 2.45) is 0 Å². The van der Waals surface area contributed by atoms with E-state index in [1.807, 2.05) is 13.8 Å². The Morgan fingerprint density at radius 1 is 1.14 bits per heavy atom. The number of urea groups is 1. The van der Waals surface area contributed by atoms with Crippen LogP contribution in [0.2, 0.25) is 10.0 Å². The van der Waals surface area contributed by atoms with E-state index in [9.17, 15) is 9.59 Å². The van der Waals surface area contributed by atoms with E-state index < -0.39 is 11.9 Å². The fraction of sp³-hybridized carbons (Fsp3) is 0.238. The largest absolute Gasteiger partial charge is 0.489 e. The summed E-state index contributed by atoms with van der Waals surface area (Å²) in [5.74, 6) is 0.195. The summed E-state index contributed by atoms with van der Waals surface area (Å²) in [7, 11) is 0. The number of nitrogens with one attached hydrogen (secondary N) is 1. The molecule has 2 aromatic carbocycles. The highest BCUT2D eigenvalue weighted by atomic mass is 35.5. The van der Waals surface area contributed by atoms with Crippen molar-refractivity contribution < 1.29 is 14.3 Å². The first kappa shape index (κ1) is 20.2. The molecule has 0 radical (unpaired) electrons. The van der Waals surface area contributed by atoms with Gasteiger partial charge < -0.3 is 10.1 Å². The molecule has 1 atom stereocenters. The third kappa shape index (κ3) is 4.66. The van der Waals surface area contributed by atoms with Crippen molar-refractivity contribution in [1.82, 2.24) is 10.2 Å². The van der Waals surface area contributed by atoms with Crippen molar-refractivity contribution in [2.75, 3.05) is 0 Å². The fourth-order valence-corrected chi connectivity index (χ4v) is 3.02. The summed E-state index contributed by atoms with van der Waals surface area (Å²) in [6, 6.07) is 11.8. The third-order valence-electron chi connectivity index (χ3n) is 4.39. The van der Waals surface area contributed by atoms with Gasteiger partial charge in [0.05, 0.1) is 17.7 Å². The van der Waals surface area contributed by atoms with Crippen molar-refractivity contribution in [3.63, 3.8) is 0 Å². The number of amides is 3. The average molecular weight is 419 g/mol. The van der Waals surface area contributed by atoms with Crippen LogP contribution < -0.4 is 10.1 Å². The van der Waals surface area contributed by atoms with Crippen LogP contribution in [0, 0.1) is 0 Å². The van der Waals surface area contributed by atoms with E-state index in [0.29, 0.717) is 21.4 Å². The molecule has 146 valence electrons. The molecule has 3 amide bonds. The van der Waals surface area contributed by atoms with E-state index in [1.54, 1.807) is 48.5 Å². The van der Waals surface area contributed by atoms with Crippen molar-refractivity contribution >= 4 is 41.2 Å². The lowest BCUT2D eigenvalue weighted by molar-refractivity contribution is -0.123. The molecule has 1 N–H and O–H groups in total. The Morgan fingerprint density at radius 3 is 2.50 bits per heavy atom. The first-order chi connectivity index (χ1) is 13.4. The number of carbonyl (C=O) groups excluding carboxylic acids is 2. The van der Waals surface area contributed by atoms with Crippen LogP contribution in [0.5, 0.6) is 5.75 Å². The first-order valence-corrected chi connectivity index (χ1v) is 9.68. The van der Waals surface area contributed by atoms with Gasteiger partial charge in [0.15, 0.2) is 0 Å². The molecule has 0 aliphatic carbocycles. The molecular weight excluding hydrogens is 399 g/mol. The molecule has 1 aliphatic heterocycles. The topological polar surface area (TPSA) is 58.6 Å². The van der Waals surface area contributed by atoms with Crippen LogP contribution in [0.4, 0.5) is 4.79 Å². The summed E-state index contributed by atoms with van der Waals surface area (Å²) < 4.78 is 5.74. The molecule has 7 heteroatoms. The highest BCUT2D eigenvalue weighted by Gasteiger charge is 2.33. The monoisotopic (exact) mass is 418 g/mol. The lowest BCUT2D eigenvalue weighted by Crippen LogP contribution is -2.30. The molecule has 1 aliphatic rings. The van der Waals surface area contributed by atoms with Crippen LogP contribution in [0.25, 0.3) is 6.08 Å². The maximum Gasteiger partial charge on any atom is 0.329 e. The number of rotatable bonds is 6. The molecule has 0 saturated carbocycles. The second-order valence-corrected chi connectivity index (χ2v) is 7.38. The van der Waals surface area contributed by atoms with Crippen LogP contribution in [0.3, 0.4) is 0 Å². The van der Waals surface area contributed by atoms with Gasteiger partial charge in [0.25, 0.3) is 5.91 Å². The maximum absolute atomic E-state index is 12.6. The van der Waals surface area contributed by atoms with Gasteiger partial charge in [-0.15, -0.1) is 0 Å². The van der Waals surface area contributed by atoms with Gasteiger partial charge in [-0.3, -0.25) is 9.69 Å². The van der Waals surface area contributed by atoms with E-state index in [2.05, 4.69) is 5.32 Å². The van der Waals surface area contributed by atoms with E-state index >= 15 is 0 Å². The van der Waals surface area contributed by atoms with Crippen LogP contribution >= 0.6 is 23.2 Å². The molecule has 1 saturated heterocycles. The molecular formula is C21H20Cl2N2O3. The molecule has 2 aromatic rings. The van der Waals surface area contributed by atoms with Gasteiger partial charge in [-0.25, -0.2) is 4.79 Å². The zero-order valence-electron chi connectivity index (χ0n) is 15.5. The number of ether oxygens (including phenoxy) is 1. The van der Waals surface area contributed by atoms with Gasteiger partial charge in [-0.2, -0.15) is 0 Å². The minimum absolute atomic E-state index is 0.0545. The minimum atomic E-state index is -0.464. The van der Waals surface area contributed by atoms with Gasteiger partial charge in [0.2, 0.25) is 0 Å². The Balaban J connectivity index is 1.76. The van der Waals surface area contributed by atoms with Gasteiger partial charge in [0.1, 0.15) is 11.4 Å². The predicted octanol–water partition coefficient (Wildman–Crippen LogP) is 5.26.